The summed E-state index contributed by atoms with van der Waals surface area (Å²) in [6.45, 7) is 23.3. The number of carbonyl (C=O) groups excluding carboxylic acids is 1. The van der Waals surface area contributed by atoms with E-state index in [9.17, 15) is 26.7 Å². The highest BCUT2D eigenvalue weighted by atomic mass is 32.2. The molecule has 0 radical (unpaired) electrons. The van der Waals surface area contributed by atoms with Gasteiger partial charge in [0.2, 0.25) is 10.3 Å². The third-order valence-corrected chi connectivity index (χ3v) is 17.4. The maximum Gasteiger partial charge on any atom is 0.308 e. The van der Waals surface area contributed by atoms with Gasteiger partial charge >= 0.3 is 5.97 Å². The Morgan fingerprint density at radius 2 is 1.04 bits per heavy atom. The van der Waals surface area contributed by atoms with Crippen LogP contribution >= 0.6 is 22.7 Å². The molecule has 316 valence electrons. The fourth-order valence-corrected chi connectivity index (χ4v) is 10.5. The summed E-state index contributed by atoms with van der Waals surface area (Å²) in [6.07, 6.45) is 0. The van der Waals surface area contributed by atoms with E-state index in [2.05, 4.69) is 59.7 Å². The Morgan fingerprint density at radius 3 is 1.35 bits per heavy atom. The van der Waals surface area contributed by atoms with E-state index in [1.54, 1.807) is 0 Å². The smallest absolute Gasteiger partial charge is 0.308 e. The van der Waals surface area contributed by atoms with Crippen LogP contribution in [0.5, 0.6) is 11.5 Å². The molecule has 0 aliphatic carbocycles. The van der Waals surface area contributed by atoms with Crippen molar-refractivity contribution in [1.82, 2.24) is 20.4 Å². The summed E-state index contributed by atoms with van der Waals surface area (Å²) < 4.78 is 71.6. The van der Waals surface area contributed by atoms with E-state index in [4.69, 9.17) is 14.2 Å². The lowest BCUT2D eigenvalue weighted by atomic mass is 10.2. The first-order valence-corrected chi connectivity index (χ1v) is 30.3. The summed E-state index contributed by atoms with van der Waals surface area (Å²) in [7, 11) is -10.4. The summed E-state index contributed by atoms with van der Waals surface area (Å²) in [5.41, 5.74) is 0. The number of anilines is 2. The average Bonchev–Trinajstić information content (AvgIpc) is 3.79. The number of esters is 1. The number of aromatic hydroxyl groups is 1. The fourth-order valence-electron chi connectivity index (χ4n) is 4.35. The van der Waals surface area contributed by atoms with Crippen molar-refractivity contribution in [2.45, 2.75) is 108 Å². The Morgan fingerprint density at radius 1 is 0.667 bits per heavy atom. The molecule has 2 aromatic heterocycles. The average molecular weight is 901 g/mol. The van der Waals surface area contributed by atoms with Crippen molar-refractivity contribution in [1.29, 1.82) is 0 Å². The van der Waals surface area contributed by atoms with Crippen LogP contribution in [-0.2, 0) is 34.3 Å². The second-order valence-electron chi connectivity index (χ2n) is 16.1. The molecule has 0 fully saturated rings. The molecule has 4 rings (SSSR count). The monoisotopic (exact) mass is 900 g/mol. The van der Waals surface area contributed by atoms with Gasteiger partial charge in [0.05, 0.1) is 9.79 Å². The van der Waals surface area contributed by atoms with Crippen molar-refractivity contribution in [3.63, 3.8) is 0 Å². The maximum atomic E-state index is 13.3. The van der Waals surface area contributed by atoms with Crippen LogP contribution in [0, 0.1) is 0 Å². The number of nitrogens with zero attached hydrogens (tertiary/aromatic N) is 6. The lowest BCUT2D eigenvalue weighted by Crippen LogP contribution is -2.34. The Bertz CT molecular complexity index is 2100. The van der Waals surface area contributed by atoms with Gasteiger partial charge in [-0.05, 0) is 60.6 Å². The number of hydrogen-bond donors (Lipinski definition) is 1. The first-order valence-electron chi connectivity index (χ1n) is 18.4. The van der Waals surface area contributed by atoms with Gasteiger partial charge in [-0.3, -0.25) is 4.79 Å². The first kappa shape index (κ1) is 48.1. The van der Waals surface area contributed by atoms with Crippen LogP contribution in [0.4, 0.5) is 10.3 Å². The molecule has 0 saturated heterocycles. The van der Waals surface area contributed by atoms with E-state index in [0.717, 1.165) is 30.7 Å². The number of phenolic OH excluding ortho intramolecular Hbond substituents is 1. The zero-order chi connectivity index (χ0) is 42.8. The molecule has 0 unspecified atom stereocenters. The molecular weight excluding hydrogens is 845 g/mol. The second-order valence-corrected chi connectivity index (χ2v) is 33.1. The van der Waals surface area contributed by atoms with Crippen molar-refractivity contribution >= 4 is 75.1 Å². The minimum Gasteiger partial charge on any atom is -0.508 e. The third kappa shape index (κ3) is 15.1. The molecule has 0 aliphatic heterocycles. The number of ether oxygens (including phenoxy) is 3. The fraction of sp³-hybridized carbons (Fsp3) is 0.528. The molecule has 15 nitrogen and oxygen atoms in total. The highest BCUT2D eigenvalue weighted by molar-refractivity contribution is 7.93. The highest BCUT2D eigenvalue weighted by Crippen LogP contribution is 2.32. The lowest BCUT2D eigenvalue weighted by molar-refractivity contribution is -0.131. The van der Waals surface area contributed by atoms with Crippen LogP contribution in [0.1, 0.15) is 56.5 Å². The summed E-state index contributed by atoms with van der Waals surface area (Å²) in [5, 5.41) is 27.9. The van der Waals surface area contributed by atoms with Gasteiger partial charge in [-0.15, -0.1) is 20.4 Å². The Balaban J connectivity index is 0.000000307. The quantitative estimate of drug-likeness (QED) is 0.0314. The van der Waals surface area contributed by atoms with Crippen LogP contribution < -0.4 is 13.3 Å². The van der Waals surface area contributed by atoms with E-state index in [1.807, 2.05) is 27.7 Å². The number of phenols is 1. The molecule has 2 heterocycles. The van der Waals surface area contributed by atoms with Gasteiger partial charge in [0.15, 0.2) is 0 Å². The number of sulfonamides is 2. The summed E-state index contributed by atoms with van der Waals surface area (Å²) in [5.74, 6) is 0.0966. The van der Waals surface area contributed by atoms with Crippen molar-refractivity contribution in [2.75, 3.05) is 35.3 Å². The van der Waals surface area contributed by atoms with Crippen LogP contribution in [0.25, 0.3) is 0 Å². The van der Waals surface area contributed by atoms with Gasteiger partial charge < -0.3 is 19.3 Å². The highest BCUT2D eigenvalue weighted by Gasteiger charge is 2.31. The van der Waals surface area contributed by atoms with Gasteiger partial charge in [0.25, 0.3) is 20.0 Å². The van der Waals surface area contributed by atoms with Crippen LogP contribution in [0.3, 0.4) is 0 Å². The van der Waals surface area contributed by atoms with E-state index in [1.165, 1.54) is 78.1 Å². The molecule has 0 amide bonds. The zero-order valence-corrected chi connectivity index (χ0v) is 39.8. The molecule has 0 bridgehead atoms. The minimum atomic E-state index is -3.94. The van der Waals surface area contributed by atoms with Gasteiger partial charge in [-0.1, -0.05) is 89.7 Å². The van der Waals surface area contributed by atoms with Gasteiger partial charge in [-0.2, -0.15) is 0 Å². The van der Waals surface area contributed by atoms with E-state index in [0.29, 0.717) is 13.2 Å². The van der Waals surface area contributed by atoms with Crippen LogP contribution in [-0.4, -0.2) is 91.1 Å². The van der Waals surface area contributed by atoms with Gasteiger partial charge in [-0.25, -0.2) is 25.4 Å². The second kappa shape index (κ2) is 20.6. The Kier molecular flexibility index (Phi) is 17.4. The van der Waals surface area contributed by atoms with E-state index in [-0.39, 0.29) is 56.9 Å². The molecule has 0 aliphatic rings. The molecule has 4 aromatic rings. The number of hydrogen-bond acceptors (Lipinski definition) is 15. The van der Waals surface area contributed by atoms with Gasteiger partial charge in [0, 0.05) is 48.1 Å². The van der Waals surface area contributed by atoms with Crippen molar-refractivity contribution < 1.29 is 40.9 Å². The minimum absolute atomic E-state index is 0.00453. The van der Waals surface area contributed by atoms with Crippen LogP contribution in [0.2, 0.25) is 51.4 Å². The SMILES string of the molecule is CC(=O)Oc1ccc(S(=O)(=O)N(COCC[Si](C)(C)C)c2nnc(C(C)C)s2)cc1.CC(C)c1nnc(N(COCC[Si](C)(C)C)S(=O)(=O)c2ccc(O)cc2)s1. The van der Waals surface area contributed by atoms with Crippen molar-refractivity contribution in [3.05, 3.63) is 58.5 Å². The summed E-state index contributed by atoms with van der Waals surface area (Å²) in [6, 6.07) is 13.0. The van der Waals surface area contributed by atoms with E-state index >= 15 is 0 Å². The predicted molar refractivity (Wildman–Crippen MR) is 231 cm³/mol. The van der Waals surface area contributed by atoms with Gasteiger partial charge in [0.1, 0.15) is 35.0 Å². The number of rotatable bonds is 19. The van der Waals surface area contributed by atoms with E-state index < -0.39 is 42.2 Å². The normalized spacial score (nSPS) is 12.4. The number of aromatic nitrogens is 4. The summed E-state index contributed by atoms with van der Waals surface area (Å²) in [4.78, 5) is 11.2. The standard InChI is InChI=1S/C19H29N3O5S2Si.C17H27N3O4S2Si/c1-14(2)18-20-21-19(28-18)22(13-26-11-12-30(4,5)6)29(24,25)17-9-7-16(8-10-17)27-15(3)23;1-13(2)16-18-19-17(25-16)20(12-24-10-11-27(3,4)5)26(22,23)15-8-6-14(21)7-9-15/h7-10,14H,11-13H2,1-6H3;6-9,13,21H,10-12H2,1-5H3. The summed E-state index contributed by atoms with van der Waals surface area (Å²) >= 11 is 2.47. The largest absolute Gasteiger partial charge is 0.508 e. The molecule has 57 heavy (non-hydrogen) atoms. The third-order valence-electron chi connectivity index (χ3n) is 7.78. The predicted octanol–water partition coefficient (Wildman–Crippen LogP) is 7.97. The Labute approximate surface area is 347 Å². The molecule has 21 heteroatoms. The molecule has 0 saturated carbocycles. The maximum absolute atomic E-state index is 13.3. The number of carbonyl (C=O) groups is 1. The lowest BCUT2D eigenvalue weighted by Gasteiger charge is -2.22. The first-order chi connectivity index (χ1) is 26.4. The van der Waals surface area contributed by atoms with Crippen LogP contribution in [0.15, 0.2) is 58.3 Å². The number of benzene rings is 2. The molecule has 1 N–H and O–H groups in total. The molecule has 0 atom stereocenters. The molecular formula is C36H56N6O9S4Si2. The molecule has 2 aromatic carbocycles. The Hall–Kier alpha value is -3.32. The van der Waals surface area contributed by atoms with Crippen molar-refractivity contribution in [2.24, 2.45) is 0 Å². The molecule has 0 spiro atoms. The van der Waals surface area contributed by atoms with Crippen molar-refractivity contribution in [3.8, 4) is 11.5 Å². The zero-order valence-electron chi connectivity index (χ0n) is 34.5. The topological polar surface area (TPSA) is 191 Å².